The lowest BCUT2D eigenvalue weighted by Crippen LogP contribution is -2.46. The first-order valence-electron chi connectivity index (χ1n) is 7.26. The molecule has 0 aromatic carbocycles. The average Bonchev–Trinajstić information content (AvgIpc) is 3.07. The highest BCUT2D eigenvalue weighted by atomic mass is 32.1. The summed E-state index contributed by atoms with van der Waals surface area (Å²) in [6, 6.07) is 0. The molecule has 0 spiro atoms. The van der Waals surface area contributed by atoms with Crippen molar-refractivity contribution in [3.8, 4) is 0 Å². The van der Waals surface area contributed by atoms with Gasteiger partial charge in [0.15, 0.2) is 5.13 Å². The second-order valence-electron chi connectivity index (χ2n) is 5.52. The number of hydrogen-bond donors (Lipinski definition) is 0. The Bertz CT molecular complexity index is 654. The van der Waals surface area contributed by atoms with E-state index in [1.54, 1.807) is 0 Å². The zero-order chi connectivity index (χ0) is 16.6. The Kier molecular flexibility index (Phi) is 4.33. The molecule has 1 aliphatic rings. The molecule has 126 valence electrons. The van der Waals surface area contributed by atoms with Crippen molar-refractivity contribution >= 4 is 16.5 Å². The lowest BCUT2D eigenvalue weighted by atomic mass is 10.3. The Balaban J connectivity index is 1.57. The van der Waals surface area contributed by atoms with Gasteiger partial charge in [-0.05, 0) is 13.8 Å². The van der Waals surface area contributed by atoms with E-state index in [4.69, 9.17) is 4.42 Å². The summed E-state index contributed by atoms with van der Waals surface area (Å²) in [7, 11) is 0. The lowest BCUT2D eigenvalue weighted by Gasteiger charge is -2.33. The zero-order valence-electron chi connectivity index (χ0n) is 12.9. The molecule has 0 saturated carbocycles. The molecule has 9 heteroatoms. The van der Waals surface area contributed by atoms with Crippen LogP contribution in [0.1, 0.15) is 22.2 Å². The number of alkyl halides is 3. The van der Waals surface area contributed by atoms with Crippen LogP contribution in [-0.2, 0) is 12.7 Å². The van der Waals surface area contributed by atoms with Crippen molar-refractivity contribution in [2.45, 2.75) is 26.6 Å². The predicted octanol–water partition coefficient (Wildman–Crippen LogP) is 3.09. The monoisotopic (exact) mass is 346 g/mol. The maximum absolute atomic E-state index is 12.6. The highest BCUT2D eigenvalue weighted by Gasteiger charge is 2.34. The van der Waals surface area contributed by atoms with Gasteiger partial charge in [0, 0.05) is 26.2 Å². The van der Waals surface area contributed by atoms with Crippen molar-refractivity contribution in [3.63, 3.8) is 0 Å². The second-order valence-corrected chi connectivity index (χ2v) is 6.53. The molecule has 0 unspecified atom stereocenters. The van der Waals surface area contributed by atoms with E-state index in [1.165, 1.54) is 0 Å². The second kappa shape index (κ2) is 6.12. The lowest BCUT2D eigenvalue weighted by molar-refractivity contribution is -0.134. The molecule has 3 rings (SSSR count). The maximum atomic E-state index is 12.6. The van der Waals surface area contributed by atoms with Crippen molar-refractivity contribution in [3.05, 3.63) is 28.4 Å². The van der Waals surface area contributed by atoms with Crippen LogP contribution in [0.5, 0.6) is 0 Å². The van der Waals surface area contributed by atoms with E-state index in [9.17, 15) is 13.2 Å². The Hall–Kier alpha value is -1.61. The van der Waals surface area contributed by atoms with E-state index in [-0.39, 0.29) is 0 Å². The topological polar surface area (TPSA) is 45.4 Å². The van der Waals surface area contributed by atoms with E-state index in [2.05, 4.69) is 14.9 Å². The van der Waals surface area contributed by atoms with Crippen LogP contribution in [-0.4, -0.2) is 41.0 Å². The van der Waals surface area contributed by atoms with Gasteiger partial charge in [0.05, 0.1) is 18.4 Å². The zero-order valence-corrected chi connectivity index (χ0v) is 13.7. The van der Waals surface area contributed by atoms with Gasteiger partial charge in [-0.15, -0.1) is 0 Å². The van der Waals surface area contributed by atoms with E-state index in [1.807, 2.05) is 18.7 Å². The van der Waals surface area contributed by atoms with Crippen LogP contribution < -0.4 is 4.90 Å². The molecule has 1 fully saturated rings. The normalized spacial score (nSPS) is 17.0. The van der Waals surface area contributed by atoms with Crippen LogP contribution in [0.2, 0.25) is 0 Å². The maximum Gasteiger partial charge on any atom is 0.427 e. The fourth-order valence-corrected chi connectivity index (χ4v) is 3.27. The van der Waals surface area contributed by atoms with Gasteiger partial charge in [0.1, 0.15) is 10.6 Å². The van der Waals surface area contributed by atoms with Crippen molar-refractivity contribution < 1.29 is 17.6 Å². The minimum absolute atomic E-state index is 0.430. The summed E-state index contributed by atoms with van der Waals surface area (Å²) in [6.45, 7) is 7.16. The first-order chi connectivity index (χ1) is 10.8. The summed E-state index contributed by atoms with van der Waals surface area (Å²) >= 11 is 0.697. The smallest absolute Gasteiger partial charge is 0.427 e. The van der Waals surface area contributed by atoms with E-state index in [0.717, 1.165) is 30.7 Å². The first-order valence-corrected chi connectivity index (χ1v) is 8.08. The number of nitrogens with zero attached hydrogens (tertiary/aromatic N) is 4. The summed E-state index contributed by atoms with van der Waals surface area (Å²) in [5.74, 6) is 1.50. The number of hydrogen-bond acceptors (Lipinski definition) is 6. The van der Waals surface area contributed by atoms with Crippen LogP contribution >= 0.6 is 11.3 Å². The Labute approximate surface area is 135 Å². The summed E-state index contributed by atoms with van der Waals surface area (Å²) in [6.07, 6.45) is -3.41. The molecule has 0 N–H and O–H groups in total. The van der Waals surface area contributed by atoms with Gasteiger partial charge in [-0.1, -0.05) is 11.3 Å². The number of oxazole rings is 1. The number of piperazine rings is 1. The van der Waals surface area contributed by atoms with Gasteiger partial charge in [-0.25, -0.2) is 9.97 Å². The summed E-state index contributed by atoms with van der Waals surface area (Å²) < 4.78 is 43.5. The number of anilines is 1. The van der Waals surface area contributed by atoms with Crippen LogP contribution in [0.3, 0.4) is 0 Å². The fraction of sp³-hybridized carbons (Fsp3) is 0.571. The number of thiazole rings is 1. The quantitative estimate of drug-likeness (QED) is 0.855. The van der Waals surface area contributed by atoms with Gasteiger partial charge in [0.2, 0.25) is 5.89 Å². The van der Waals surface area contributed by atoms with Crippen molar-refractivity contribution in [2.75, 3.05) is 31.1 Å². The summed E-state index contributed by atoms with van der Waals surface area (Å²) in [5, 5.41) is 0.430. The van der Waals surface area contributed by atoms with E-state index in [0.29, 0.717) is 42.0 Å². The van der Waals surface area contributed by atoms with E-state index >= 15 is 0 Å². The third-order valence-corrected chi connectivity index (χ3v) is 4.95. The summed E-state index contributed by atoms with van der Waals surface area (Å²) in [4.78, 5) is 11.7. The van der Waals surface area contributed by atoms with Crippen molar-refractivity contribution in [2.24, 2.45) is 0 Å². The van der Waals surface area contributed by atoms with Crippen LogP contribution in [0.4, 0.5) is 18.3 Å². The Morgan fingerprint density at radius 3 is 2.43 bits per heavy atom. The number of rotatable bonds is 3. The van der Waals surface area contributed by atoms with Gasteiger partial charge in [-0.3, -0.25) is 4.90 Å². The van der Waals surface area contributed by atoms with Gasteiger partial charge in [-0.2, -0.15) is 13.2 Å². The van der Waals surface area contributed by atoms with Gasteiger partial charge >= 0.3 is 6.18 Å². The molecule has 1 saturated heterocycles. The first kappa shape index (κ1) is 16.3. The van der Waals surface area contributed by atoms with Crippen molar-refractivity contribution in [1.82, 2.24) is 14.9 Å². The SMILES string of the molecule is Cc1nc(CN2CCN(c3ncc(C(F)(F)F)s3)CC2)oc1C. The Morgan fingerprint density at radius 1 is 1.22 bits per heavy atom. The molecule has 0 radical (unpaired) electrons. The largest absolute Gasteiger partial charge is 0.444 e. The minimum atomic E-state index is -4.32. The molecule has 3 heterocycles. The molecular formula is C14H17F3N4OS. The van der Waals surface area contributed by atoms with Crippen LogP contribution in [0, 0.1) is 13.8 Å². The molecule has 2 aromatic heterocycles. The highest BCUT2D eigenvalue weighted by Crippen LogP contribution is 2.36. The van der Waals surface area contributed by atoms with Crippen LogP contribution in [0.25, 0.3) is 0 Å². The van der Waals surface area contributed by atoms with Crippen molar-refractivity contribution in [1.29, 1.82) is 0 Å². The van der Waals surface area contributed by atoms with Gasteiger partial charge in [0.25, 0.3) is 0 Å². The molecular weight excluding hydrogens is 329 g/mol. The number of aryl methyl sites for hydroxylation is 2. The third kappa shape index (κ3) is 3.66. The molecule has 0 bridgehead atoms. The van der Waals surface area contributed by atoms with E-state index < -0.39 is 11.1 Å². The molecule has 23 heavy (non-hydrogen) atoms. The minimum Gasteiger partial charge on any atom is -0.444 e. The standard InChI is InChI=1S/C14H17F3N4OS/c1-9-10(2)22-12(19-9)8-20-3-5-21(6-4-20)13-18-7-11(23-13)14(15,16)17/h7H,3-6,8H2,1-2H3. The molecule has 1 aliphatic heterocycles. The predicted molar refractivity (Wildman–Crippen MR) is 80.6 cm³/mol. The summed E-state index contributed by atoms with van der Waals surface area (Å²) in [5.41, 5.74) is 0.890. The van der Waals surface area contributed by atoms with Crippen LogP contribution in [0.15, 0.2) is 10.6 Å². The number of aromatic nitrogens is 2. The molecule has 0 amide bonds. The molecule has 5 nitrogen and oxygen atoms in total. The number of halogens is 3. The molecule has 0 aliphatic carbocycles. The molecule has 0 atom stereocenters. The highest BCUT2D eigenvalue weighted by molar-refractivity contribution is 7.15. The third-order valence-electron chi connectivity index (χ3n) is 3.85. The fourth-order valence-electron chi connectivity index (χ4n) is 2.44. The Morgan fingerprint density at radius 2 is 1.91 bits per heavy atom. The molecule has 2 aromatic rings. The van der Waals surface area contributed by atoms with Gasteiger partial charge < -0.3 is 9.32 Å². The average molecular weight is 346 g/mol.